The fourth-order valence-electron chi connectivity index (χ4n) is 4.83. The fourth-order valence-corrected chi connectivity index (χ4v) is 4.83. The second-order valence-corrected chi connectivity index (χ2v) is 8.88. The van der Waals surface area contributed by atoms with E-state index in [1.807, 2.05) is 40.1 Å². The number of hydrogen-bond acceptors (Lipinski definition) is 4. The zero-order valence-corrected chi connectivity index (χ0v) is 18.4. The Bertz CT molecular complexity index is 1190. The highest BCUT2D eigenvalue weighted by Gasteiger charge is 2.44. The maximum atomic E-state index is 13.6. The van der Waals surface area contributed by atoms with Crippen LogP contribution in [-0.2, 0) is 22.7 Å². The van der Waals surface area contributed by atoms with Gasteiger partial charge in [-0.05, 0) is 49.1 Å². The van der Waals surface area contributed by atoms with E-state index in [0.29, 0.717) is 45.4 Å². The van der Waals surface area contributed by atoms with Gasteiger partial charge in [-0.1, -0.05) is 41.6 Å². The largest absolute Gasteiger partial charge is 0.341 e. The van der Waals surface area contributed by atoms with Gasteiger partial charge in [0.1, 0.15) is 17.9 Å². The van der Waals surface area contributed by atoms with Crippen LogP contribution in [0.3, 0.4) is 0 Å². The molecule has 0 radical (unpaired) electrons. The van der Waals surface area contributed by atoms with Gasteiger partial charge in [0.2, 0.25) is 11.8 Å². The minimum atomic E-state index is -0.496. The van der Waals surface area contributed by atoms with Crippen LogP contribution >= 0.6 is 0 Å². The number of carbonyl (C=O) groups excluding carboxylic acids is 2. The van der Waals surface area contributed by atoms with Crippen LogP contribution in [-0.4, -0.2) is 56.2 Å². The Morgan fingerprint density at radius 3 is 2.58 bits per heavy atom. The van der Waals surface area contributed by atoms with Crippen LogP contribution in [0.1, 0.15) is 24.8 Å². The molecule has 7 nitrogen and oxygen atoms in total. The van der Waals surface area contributed by atoms with Crippen molar-refractivity contribution in [1.82, 2.24) is 24.8 Å². The molecule has 5 rings (SSSR count). The molecule has 3 heterocycles. The molecule has 3 aromatic rings. The summed E-state index contributed by atoms with van der Waals surface area (Å²) in [6.45, 7) is 2.20. The van der Waals surface area contributed by atoms with Gasteiger partial charge in [-0.2, -0.15) is 0 Å². The first-order valence-corrected chi connectivity index (χ1v) is 11.3. The normalized spacial score (nSPS) is 18.2. The lowest BCUT2D eigenvalue weighted by atomic mass is 9.74. The minimum Gasteiger partial charge on any atom is -0.341 e. The molecule has 1 saturated heterocycles. The van der Waals surface area contributed by atoms with E-state index in [-0.39, 0.29) is 24.2 Å². The van der Waals surface area contributed by atoms with Crippen LogP contribution in [0.2, 0.25) is 0 Å². The van der Waals surface area contributed by atoms with Gasteiger partial charge in [0.15, 0.2) is 0 Å². The molecule has 0 atom stereocenters. The molecule has 0 aliphatic carbocycles. The number of hydrogen-bond donors (Lipinski definition) is 0. The summed E-state index contributed by atoms with van der Waals surface area (Å²) in [5.41, 5.74) is 2.01. The van der Waals surface area contributed by atoms with Crippen LogP contribution in [0.5, 0.6) is 0 Å². The third kappa shape index (κ3) is 4.25. The first kappa shape index (κ1) is 21.3. The molecule has 1 fully saturated rings. The standard InChI is InChI=1S/C25H26FN5O2/c26-20-9-7-19(8-10-20)17-30-14-4-3-11-25(24(30)33)12-15-29(16-13-25)23(32)18-31-22-6-2-1-5-21(22)27-28-31/h1-10H,11-18H2. The van der Waals surface area contributed by atoms with E-state index < -0.39 is 5.41 Å². The highest BCUT2D eigenvalue weighted by atomic mass is 19.1. The number of halogens is 1. The van der Waals surface area contributed by atoms with Crippen molar-refractivity contribution >= 4 is 22.8 Å². The van der Waals surface area contributed by atoms with Crippen molar-refractivity contribution in [2.45, 2.75) is 32.4 Å². The van der Waals surface area contributed by atoms with Crippen molar-refractivity contribution in [2.75, 3.05) is 19.6 Å². The zero-order valence-electron chi connectivity index (χ0n) is 18.4. The van der Waals surface area contributed by atoms with E-state index in [2.05, 4.69) is 16.4 Å². The number of aromatic nitrogens is 3. The number of benzene rings is 2. The van der Waals surface area contributed by atoms with E-state index in [1.165, 1.54) is 12.1 Å². The maximum absolute atomic E-state index is 13.6. The lowest BCUT2D eigenvalue weighted by molar-refractivity contribution is -0.148. The Balaban J connectivity index is 1.25. The Hall–Kier alpha value is -3.55. The number of amides is 2. The first-order valence-electron chi connectivity index (χ1n) is 11.3. The summed E-state index contributed by atoms with van der Waals surface area (Å²) in [4.78, 5) is 30.2. The lowest BCUT2D eigenvalue weighted by Crippen LogP contribution is -2.51. The van der Waals surface area contributed by atoms with Crippen molar-refractivity contribution in [3.05, 3.63) is 72.1 Å². The Morgan fingerprint density at radius 1 is 1.03 bits per heavy atom. The first-order chi connectivity index (χ1) is 16.0. The summed E-state index contributed by atoms with van der Waals surface area (Å²) in [5, 5.41) is 8.24. The van der Waals surface area contributed by atoms with Crippen molar-refractivity contribution in [2.24, 2.45) is 5.41 Å². The summed E-state index contributed by atoms with van der Waals surface area (Å²) in [5.74, 6) is -0.181. The monoisotopic (exact) mass is 447 g/mol. The number of fused-ring (bicyclic) bond motifs is 1. The average molecular weight is 448 g/mol. The van der Waals surface area contributed by atoms with Gasteiger partial charge < -0.3 is 9.80 Å². The number of carbonyl (C=O) groups is 2. The van der Waals surface area contributed by atoms with E-state index in [9.17, 15) is 14.0 Å². The van der Waals surface area contributed by atoms with Crippen LogP contribution in [0, 0.1) is 11.2 Å². The van der Waals surface area contributed by atoms with Crippen LogP contribution in [0.4, 0.5) is 4.39 Å². The third-order valence-corrected chi connectivity index (χ3v) is 6.81. The van der Waals surface area contributed by atoms with E-state index in [4.69, 9.17) is 0 Å². The molecule has 8 heteroatoms. The second-order valence-electron chi connectivity index (χ2n) is 8.88. The number of piperidine rings is 1. The van der Waals surface area contributed by atoms with E-state index >= 15 is 0 Å². The number of rotatable bonds is 4. The van der Waals surface area contributed by atoms with Crippen molar-refractivity contribution in [3.63, 3.8) is 0 Å². The molecule has 2 aromatic carbocycles. The van der Waals surface area contributed by atoms with Gasteiger partial charge in [-0.15, -0.1) is 5.10 Å². The molecule has 1 spiro atoms. The number of likely N-dealkylation sites (tertiary alicyclic amines) is 1. The molecule has 0 unspecified atom stereocenters. The van der Waals surface area contributed by atoms with Crippen molar-refractivity contribution in [3.8, 4) is 0 Å². The third-order valence-electron chi connectivity index (χ3n) is 6.81. The Morgan fingerprint density at radius 2 is 1.79 bits per heavy atom. The van der Waals surface area contributed by atoms with Crippen LogP contribution in [0.25, 0.3) is 11.0 Å². The topological polar surface area (TPSA) is 71.3 Å². The molecule has 2 amide bonds. The highest BCUT2D eigenvalue weighted by molar-refractivity contribution is 5.84. The lowest BCUT2D eigenvalue weighted by Gasteiger charge is -2.42. The van der Waals surface area contributed by atoms with Crippen LogP contribution in [0.15, 0.2) is 60.7 Å². The zero-order chi connectivity index (χ0) is 22.8. The van der Waals surface area contributed by atoms with Crippen molar-refractivity contribution in [1.29, 1.82) is 0 Å². The molecule has 0 saturated carbocycles. The predicted octanol–water partition coefficient (Wildman–Crippen LogP) is 3.17. The number of nitrogens with zero attached hydrogens (tertiary/aromatic N) is 5. The van der Waals surface area contributed by atoms with Gasteiger partial charge >= 0.3 is 0 Å². The maximum Gasteiger partial charge on any atom is 0.244 e. The molecule has 2 aliphatic rings. The van der Waals surface area contributed by atoms with E-state index in [1.54, 1.807) is 16.8 Å². The number of allylic oxidation sites excluding steroid dienone is 1. The summed E-state index contributed by atoms with van der Waals surface area (Å²) in [7, 11) is 0. The fraction of sp³-hybridized carbons (Fsp3) is 0.360. The number of para-hydroxylation sites is 1. The summed E-state index contributed by atoms with van der Waals surface area (Å²) in [6.07, 6.45) is 6.05. The summed E-state index contributed by atoms with van der Waals surface area (Å²) < 4.78 is 14.9. The molecule has 1 aromatic heterocycles. The Kier molecular flexibility index (Phi) is 5.66. The molecule has 0 N–H and O–H groups in total. The molecule has 0 bridgehead atoms. The van der Waals surface area contributed by atoms with Crippen LogP contribution < -0.4 is 0 Å². The second kappa shape index (κ2) is 8.77. The summed E-state index contributed by atoms with van der Waals surface area (Å²) >= 11 is 0. The van der Waals surface area contributed by atoms with Gasteiger partial charge in [0, 0.05) is 26.2 Å². The highest BCUT2D eigenvalue weighted by Crippen LogP contribution is 2.39. The van der Waals surface area contributed by atoms with Crippen molar-refractivity contribution < 1.29 is 14.0 Å². The van der Waals surface area contributed by atoms with E-state index in [0.717, 1.165) is 16.6 Å². The molecular weight excluding hydrogens is 421 g/mol. The molecule has 33 heavy (non-hydrogen) atoms. The Labute approximate surface area is 191 Å². The SMILES string of the molecule is O=C(Cn1nnc2ccccc21)N1CCC2(CC=CCN(Cc3ccc(F)cc3)C2=O)CC1. The molecule has 2 aliphatic heterocycles. The van der Waals surface area contributed by atoms with Gasteiger partial charge in [0.25, 0.3) is 0 Å². The smallest absolute Gasteiger partial charge is 0.244 e. The summed E-state index contributed by atoms with van der Waals surface area (Å²) in [6, 6.07) is 13.9. The van der Waals surface area contributed by atoms with Gasteiger partial charge in [-0.25, -0.2) is 9.07 Å². The minimum absolute atomic E-state index is 0.0136. The average Bonchev–Trinajstić information content (AvgIpc) is 3.18. The van der Waals surface area contributed by atoms with Gasteiger partial charge in [-0.3, -0.25) is 9.59 Å². The molecular formula is C25H26FN5O2. The predicted molar refractivity (Wildman–Crippen MR) is 121 cm³/mol. The quantitative estimate of drug-likeness (QED) is 0.576. The molecule has 170 valence electrons. The van der Waals surface area contributed by atoms with Gasteiger partial charge in [0.05, 0.1) is 10.9 Å².